The van der Waals surface area contributed by atoms with E-state index in [1.807, 2.05) is 45.0 Å². The fourth-order valence-corrected chi connectivity index (χ4v) is 4.56. The van der Waals surface area contributed by atoms with Crippen molar-refractivity contribution < 1.29 is 19.5 Å². The lowest BCUT2D eigenvalue weighted by atomic mass is 9.92. The summed E-state index contributed by atoms with van der Waals surface area (Å²) in [6.07, 6.45) is 1.39. The number of benzene rings is 2. The van der Waals surface area contributed by atoms with Crippen molar-refractivity contribution in [1.29, 1.82) is 0 Å². The molecule has 0 radical (unpaired) electrons. The highest BCUT2D eigenvalue weighted by molar-refractivity contribution is 6.31. The monoisotopic (exact) mass is 469 g/mol. The van der Waals surface area contributed by atoms with Crippen molar-refractivity contribution in [3.63, 3.8) is 0 Å². The summed E-state index contributed by atoms with van der Waals surface area (Å²) in [5.41, 5.74) is 3.25. The highest BCUT2D eigenvalue weighted by Crippen LogP contribution is 2.40. The first kappa shape index (κ1) is 23.1. The molecule has 0 saturated carbocycles. The van der Waals surface area contributed by atoms with E-state index in [1.165, 1.54) is 5.06 Å². The molecular formula is C25H28ClN3O4. The fraction of sp³-hybridized carbons (Fsp3) is 0.360. The molecule has 1 aliphatic heterocycles. The van der Waals surface area contributed by atoms with Gasteiger partial charge in [0.15, 0.2) is 0 Å². The number of carbonyl (C=O) groups is 2. The Morgan fingerprint density at radius 3 is 2.79 bits per heavy atom. The molecule has 1 aliphatic rings. The molecule has 0 saturated heterocycles. The van der Waals surface area contributed by atoms with E-state index in [9.17, 15) is 14.7 Å². The van der Waals surface area contributed by atoms with Gasteiger partial charge in [0.2, 0.25) is 12.3 Å². The lowest BCUT2D eigenvalue weighted by Gasteiger charge is -2.37. The number of hydroxylamine groups is 2. The van der Waals surface area contributed by atoms with Gasteiger partial charge >= 0.3 is 0 Å². The molecule has 2 N–H and O–H groups in total. The van der Waals surface area contributed by atoms with Crippen molar-refractivity contribution >= 4 is 34.8 Å². The second-order valence-electron chi connectivity index (χ2n) is 9.24. The maximum absolute atomic E-state index is 13.4. The van der Waals surface area contributed by atoms with E-state index in [1.54, 1.807) is 23.1 Å². The van der Waals surface area contributed by atoms with E-state index in [4.69, 9.17) is 16.4 Å². The van der Waals surface area contributed by atoms with Gasteiger partial charge in [-0.05, 0) is 68.7 Å². The number of halogens is 1. The van der Waals surface area contributed by atoms with Crippen LogP contribution in [0.2, 0.25) is 5.02 Å². The van der Waals surface area contributed by atoms with Crippen LogP contribution >= 0.6 is 11.6 Å². The topological polar surface area (TPSA) is 85.9 Å². The van der Waals surface area contributed by atoms with Crippen molar-refractivity contribution in [3.05, 3.63) is 64.3 Å². The number of rotatable bonds is 6. The molecule has 0 fully saturated rings. The average molecular weight is 470 g/mol. The quantitative estimate of drug-likeness (QED) is 0.408. The van der Waals surface area contributed by atoms with Crippen LogP contribution in [0.1, 0.15) is 50.1 Å². The van der Waals surface area contributed by atoms with Crippen LogP contribution in [0.3, 0.4) is 0 Å². The number of phenolic OH excluding ortho intramolecular Hbond substituents is 1. The number of aromatic amines is 1. The molecule has 0 bridgehead atoms. The zero-order valence-corrected chi connectivity index (χ0v) is 19.7. The molecule has 174 valence electrons. The number of H-pyrrole nitrogens is 1. The van der Waals surface area contributed by atoms with Gasteiger partial charge in [0.05, 0.1) is 18.2 Å². The van der Waals surface area contributed by atoms with Gasteiger partial charge in [-0.1, -0.05) is 23.7 Å². The van der Waals surface area contributed by atoms with Gasteiger partial charge in [-0.2, -0.15) is 0 Å². The first-order valence-corrected chi connectivity index (χ1v) is 11.3. The summed E-state index contributed by atoms with van der Waals surface area (Å²) < 4.78 is 0. The minimum Gasteiger partial charge on any atom is -0.508 e. The Labute approximate surface area is 197 Å². The van der Waals surface area contributed by atoms with Crippen molar-refractivity contribution in [2.45, 2.75) is 45.3 Å². The smallest absolute Gasteiger partial charge is 0.233 e. The maximum atomic E-state index is 13.4. The third-order valence-electron chi connectivity index (χ3n) is 5.65. The second kappa shape index (κ2) is 9.08. The number of carbonyl (C=O) groups excluding carboxylic acids is 2. The molecule has 4 rings (SSSR count). The van der Waals surface area contributed by atoms with E-state index < -0.39 is 11.6 Å². The Bertz CT molecular complexity index is 1180. The van der Waals surface area contributed by atoms with Gasteiger partial charge in [-0.3, -0.25) is 14.4 Å². The summed E-state index contributed by atoms with van der Waals surface area (Å²) in [5.74, 6) is 0.0342. The standard InChI is InChI=1S/C25H28ClN3O4/c1-25(2,3)33-28(15-30)11-10-22(32)29-12-9-19-20-14-17(26)7-8-21(20)27-23(19)24(29)16-5-4-6-18(31)13-16/h4-8,13-15,24,27,31H,9-12H2,1-3H3. The molecule has 1 atom stereocenters. The molecule has 33 heavy (non-hydrogen) atoms. The number of hydrogen-bond acceptors (Lipinski definition) is 4. The van der Waals surface area contributed by atoms with E-state index in [-0.39, 0.29) is 24.6 Å². The maximum Gasteiger partial charge on any atom is 0.233 e. The van der Waals surface area contributed by atoms with Gasteiger partial charge in [0, 0.05) is 34.6 Å². The van der Waals surface area contributed by atoms with Crippen LogP contribution in [-0.2, 0) is 20.8 Å². The predicted octanol–water partition coefficient (Wildman–Crippen LogP) is 4.58. The van der Waals surface area contributed by atoms with Crippen LogP contribution in [0.15, 0.2) is 42.5 Å². The molecule has 1 aromatic heterocycles. The molecule has 1 unspecified atom stereocenters. The Hall–Kier alpha value is -3.03. The normalized spacial score (nSPS) is 16.0. The number of amides is 2. The number of nitrogens with one attached hydrogen (secondary N) is 1. The molecule has 0 aliphatic carbocycles. The van der Waals surface area contributed by atoms with Crippen LogP contribution in [0.25, 0.3) is 10.9 Å². The third kappa shape index (κ3) is 4.99. The van der Waals surface area contributed by atoms with Gasteiger partial charge in [0.25, 0.3) is 0 Å². The van der Waals surface area contributed by atoms with Crippen LogP contribution in [0.5, 0.6) is 5.75 Å². The summed E-state index contributed by atoms with van der Waals surface area (Å²) in [5, 5.41) is 13.0. The summed E-state index contributed by atoms with van der Waals surface area (Å²) in [4.78, 5) is 35.7. The number of phenols is 1. The lowest BCUT2D eigenvalue weighted by Crippen LogP contribution is -2.42. The van der Waals surface area contributed by atoms with E-state index in [2.05, 4.69) is 4.98 Å². The minimum atomic E-state index is -0.542. The predicted molar refractivity (Wildman–Crippen MR) is 127 cm³/mol. The lowest BCUT2D eigenvalue weighted by molar-refractivity contribution is -0.216. The number of aromatic hydroxyl groups is 1. The van der Waals surface area contributed by atoms with E-state index in [0.717, 1.165) is 27.7 Å². The Balaban J connectivity index is 1.67. The van der Waals surface area contributed by atoms with E-state index >= 15 is 0 Å². The van der Waals surface area contributed by atoms with Gasteiger partial charge < -0.3 is 15.0 Å². The average Bonchev–Trinajstić information content (AvgIpc) is 3.12. The molecular weight excluding hydrogens is 442 g/mol. The number of aromatic nitrogens is 1. The highest BCUT2D eigenvalue weighted by Gasteiger charge is 2.34. The number of nitrogens with zero attached hydrogens (tertiary/aromatic N) is 2. The largest absolute Gasteiger partial charge is 0.508 e. The van der Waals surface area contributed by atoms with Crippen molar-refractivity contribution in [1.82, 2.24) is 14.9 Å². The van der Waals surface area contributed by atoms with Gasteiger partial charge in [-0.15, -0.1) is 0 Å². The molecule has 2 heterocycles. The van der Waals surface area contributed by atoms with Crippen LogP contribution in [0.4, 0.5) is 0 Å². The van der Waals surface area contributed by atoms with Crippen molar-refractivity contribution in [2.75, 3.05) is 13.1 Å². The zero-order chi connectivity index (χ0) is 23.8. The molecule has 0 spiro atoms. The summed E-state index contributed by atoms with van der Waals surface area (Å²) in [6.45, 7) is 6.19. The summed E-state index contributed by atoms with van der Waals surface area (Å²) in [7, 11) is 0. The molecule has 8 heteroatoms. The highest BCUT2D eigenvalue weighted by atomic mass is 35.5. The summed E-state index contributed by atoms with van der Waals surface area (Å²) in [6, 6.07) is 12.3. The minimum absolute atomic E-state index is 0.102. The molecule has 2 aromatic carbocycles. The van der Waals surface area contributed by atoms with Crippen LogP contribution in [-0.4, -0.2) is 51.1 Å². The Morgan fingerprint density at radius 1 is 1.30 bits per heavy atom. The van der Waals surface area contributed by atoms with Crippen LogP contribution in [0, 0.1) is 0 Å². The molecule has 7 nitrogen and oxygen atoms in total. The van der Waals surface area contributed by atoms with Crippen LogP contribution < -0.4 is 0 Å². The fourth-order valence-electron chi connectivity index (χ4n) is 4.39. The Kier molecular flexibility index (Phi) is 6.36. The van der Waals surface area contributed by atoms with Gasteiger partial charge in [0.1, 0.15) is 5.75 Å². The van der Waals surface area contributed by atoms with E-state index in [0.29, 0.717) is 24.4 Å². The first-order valence-electron chi connectivity index (χ1n) is 11.0. The number of fused-ring (bicyclic) bond motifs is 3. The SMILES string of the molecule is CC(C)(C)ON(C=O)CCC(=O)N1CCc2c([nH]c3ccc(Cl)cc23)C1c1cccc(O)c1. The Morgan fingerprint density at radius 2 is 2.09 bits per heavy atom. The number of hydrogen-bond donors (Lipinski definition) is 2. The van der Waals surface area contributed by atoms with Crippen molar-refractivity contribution in [2.24, 2.45) is 0 Å². The van der Waals surface area contributed by atoms with Gasteiger partial charge in [-0.25, -0.2) is 5.06 Å². The summed E-state index contributed by atoms with van der Waals surface area (Å²) >= 11 is 6.25. The first-order chi connectivity index (χ1) is 15.7. The zero-order valence-electron chi connectivity index (χ0n) is 19.0. The molecule has 3 aromatic rings. The van der Waals surface area contributed by atoms with Crippen molar-refractivity contribution in [3.8, 4) is 5.75 Å². The molecule has 2 amide bonds. The third-order valence-corrected chi connectivity index (χ3v) is 5.89. The second-order valence-corrected chi connectivity index (χ2v) is 9.68.